The minimum atomic E-state index is -3.99. The summed E-state index contributed by atoms with van der Waals surface area (Å²) >= 11 is 14.3. The molecule has 0 radical (unpaired) electrons. The van der Waals surface area contributed by atoms with Crippen LogP contribution in [0.1, 0.15) is 64.3 Å². The van der Waals surface area contributed by atoms with E-state index in [1.165, 1.54) is 50.6 Å². The molecule has 4 aromatic heterocycles. The zero-order valence-corrected chi connectivity index (χ0v) is 38.9. The van der Waals surface area contributed by atoms with Crippen LogP contribution in [-0.4, -0.2) is 83.2 Å². The molecular formula is C44H50Cl2N8O6S2. The van der Waals surface area contributed by atoms with Gasteiger partial charge in [-0.2, -0.15) is 10.2 Å². The molecule has 0 bridgehead atoms. The van der Waals surface area contributed by atoms with Gasteiger partial charge < -0.3 is 20.0 Å². The fourth-order valence-electron chi connectivity index (χ4n) is 6.26. The predicted octanol–water partition coefficient (Wildman–Crippen LogP) is 10.5. The lowest BCUT2D eigenvalue weighted by Crippen LogP contribution is -2.36. The number of aryl methyl sites for hydroxylation is 2. The standard InChI is InChI=1S/C22H25ClN4O4S.C22H25ClN4O2S/c1-15-11-17(9-10-24-15)32(30,31)20-12-16(13-26(21(28)29)14-22(2,3)4)25-27(20)19-8-6-5-7-18(19)23;1-15-11-17(9-10-24-15)30-20-12-16(13-26(21(28)29)14-22(2,3)4)25-27(20)19-8-6-5-7-18(19)23/h5-12H,13-14H2,1-4H3,(H,28,29);5-12H,13-14H2,1-4H3,(H,28,29). The van der Waals surface area contributed by atoms with Gasteiger partial charge in [0.15, 0.2) is 5.03 Å². The Morgan fingerprint density at radius 3 is 1.63 bits per heavy atom. The summed E-state index contributed by atoms with van der Waals surface area (Å²) in [6, 6.07) is 24.3. The number of sulfone groups is 1. The van der Waals surface area contributed by atoms with Crippen molar-refractivity contribution in [2.24, 2.45) is 10.8 Å². The van der Waals surface area contributed by atoms with Gasteiger partial charge in [-0.3, -0.25) is 9.97 Å². The maximum Gasteiger partial charge on any atom is 0.407 e. The Kier molecular flexibility index (Phi) is 15.2. The van der Waals surface area contributed by atoms with E-state index in [0.29, 0.717) is 39.4 Å². The first-order valence-corrected chi connectivity index (χ1v) is 22.5. The Hall–Kier alpha value is -5.42. The van der Waals surface area contributed by atoms with Crippen LogP contribution in [0.2, 0.25) is 10.0 Å². The van der Waals surface area contributed by atoms with Gasteiger partial charge in [0.2, 0.25) is 9.84 Å². The van der Waals surface area contributed by atoms with E-state index in [2.05, 4.69) is 15.1 Å². The molecule has 0 saturated heterocycles. The van der Waals surface area contributed by atoms with Crippen LogP contribution in [0.25, 0.3) is 11.4 Å². The first kappa shape index (κ1) is 47.6. The van der Waals surface area contributed by atoms with Crippen molar-refractivity contribution in [1.82, 2.24) is 39.3 Å². The lowest BCUT2D eigenvalue weighted by molar-refractivity contribution is 0.121. The van der Waals surface area contributed by atoms with E-state index in [1.54, 1.807) is 42.1 Å². The molecule has 2 amide bonds. The Morgan fingerprint density at radius 1 is 0.677 bits per heavy atom. The minimum Gasteiger partial charge on any atom is -0.465 e. The van der Waals surface area contributed by atoms with E-state index < -0.39 is 22.0 Å². The number of amides is 2. The molecule has 6 rings (SSSR count). The molecule has 0 spiro atoms. The largest absolute Gasteiger partial charge is 0.465 e. The highest BCUT2D eigenvalue weighted by molar-refractivity contribution is 7.99. The monoisotopic (exact) mass is 920 g/mol. The summed E-state index contributed by atoms with van der Waals surface area (Å²) in [5.74, 6) is 0. The van der Waals surface area contributed by atoms with Crippen molar-refractivity contribution < 1.29 is 28.2 Å². The van der Waals surface area contributed by atoms with Crippen LogP contribution >= 0.6 is 35.0 Å². The molecule has 2 N–H and O–H groups in total. The highest BCUT2D eigenvalue weighted by Crippen LogP contribution is 2.33. The van der Waals surface area contributed by atoms with Gasteiger partial charge >= 0.3 is 12.2 Å². The van der Waals surface area contributed by atoms with Gasteiger partial charge in [0.25, 0.3) is 0 Å². The van der Waals surface area contributed by atoms with Gasteiger partial charge in [0, 0.05) is 47.8 Å². The van der Waals surface area contributed by atoms with Crippen molar-refractivity contribution in [2.45, 2.75) is 88.3 Å². The predicted molar refractivity (Wildman–Crippen MR) is 240 cm³/mol. The minimum absolute atomic E-state index is 0.0644. The number of pyridine rings is 2. The SMILES string of the molecule is Cc1cc(S(=O)(=O)c2cc(CN(CC(C)(C)C)C(=O)O)nn2-c2ccccc2Cl)ccn1.Cc1cc(Sc2cc(CN(CC(C)(C)C)C(=O)O)nn2-c2ccccc2Cl)ccn1. The third-order valence-corrected chi connectivity index (χ3v) is 12.1. The normalized spacial score (nSPS) is 11.8. The van der Waals surface area contributed by atoms with E-state index in [9.17, 15) is 28.2 Å². The van der Waals surface area contributed by atoms with Crippen LogP contribution in [0, 0.1) is 24.7 Å². The molecule has 0 aliphatic rings. The Labute approximate surface area is 376 Å². The molecule has 62 heavy (non-hydrogen) atoms. The average molecular weight is 922 g/mol. The second kappa shape index (κ2) is 19.7. The average Bonchev–Trinajstić information content (AvgIpc) is 3.78. The summed E-state index contributed by atoms with van der Waals surface area (Å²) in [5.41, 5.74) is 3.11. The molecule has 0 aliphatic carbocycles. The van der Waals surface area contributed by atoms with E-state index in [4.69, 9.17) is 28.3 Å². The summed E-state index contributed by atoms with van der Waals surface area (Å²) in [4.78, 5) is 35.6. The Bertz CT molecular complexity index is 2660. The first-order valence-electron chi connectivity index (χ1n) is 19.4. The highest BCUT2D eigenvalue weighted by Gasteiger charge is 2.29. The van der Waals surface area contributed by atoms with Crippen molar-refractivity contribution >= 4 is 57.0 Å². The molecule has 4 heterocycles. The van der Waals surface area contributed by atoms with E-state index in [-0.39, 0.29) is 40.4 Å². The van der Waals surface area contributed by atoms with Gasteiger partial charge in [-0.05, 0) is 79.3 Å². The molecular weight excluding hydrogens is 872 g/mol. The fraction of sp³-hybridized carbons (Fsp3) is 0.318. The number of rotatable bonds is 12. The van der Waals surface area contributed by atoms with Gasteiger partial charge in [0.05, 0.1) is 50.8 Å². The van der Waals surface area contributed by atoms with E-state index in [0.717, 1.165) is 21.3 Å². The summed E-state index contributed by atoms with van der Waals surface area (Å²) in [6.07, 6.45) is 1.12. The molecule has 328 valence electrons. The summed E-state index contributed by atoms with van der Waals surface area (Å²) in [7, 11) is -3.99. The number of aromatic nitrogens is 6. The van der Waals surface area contributed by atoms with Crippen LogP contribution in [0.15, 0.2) is 117 Å². The molecule has 6 aromatic rings. The first-order chi connectivity index (χ1) is 29.0. The molecule has 0 fully saturated rings. The number of hydrogen-bond acceptors (Lipinski definition) is 9. The maximum absolute atomic E-state index is 13.5. The van der Waals surface area contributed by atoms with Crippen LogP contribution in [-0.2, 0) is 22.9 Å². The van der Waals surface area contributed by atoms with Crippen LogP contribution in [0.3, 0.4) is 0 Å². The lowest BCUT2D eigenvalue weighted by atomic mass is 9.96. The van der Waals surface area contributed by atoms with Crippen molar-refractivity contribution in [3.8, 4) is 11.4 Å². The van der Waals surface area contributed by atoms with E-state index >= 15 is 0 Å². The zero-order chi connectivity index (χ0) is 45.6. The zero-order valence-electron chi connectivity index (χ0n) is 35.7. The third-order valence-electron chi connectivity index (χ3n) is 8.74. The van der Waals surface area contributed by atoms with Gasteiger partial charge in [-0.25, -0.2) is 27.4 Å². The molecule has 18 heteroatoms. The number of halogens is 2. The lowest BCUT2D eigenvalue weighted by Gasteiger charge is -2.27. The van der Waals surface area contributed by atoms with Gasteiger partial charge in [-0.1, -0.05) is 101 Å². The fourth-order valence-corrected chi connectivity index (χ4v) is 9.18. The number of carboxylic acid groups (broad SMARTS) is 2. The van der Waals surface area contributed by atoms with Crippen LogP contribution in [0.4, 0.5) is 9.59 Å². The molecule has 2 aromatic carbocycles. The second-order valence-corrected chi connectivity index (χ2v) is 20.7. The number of carbonyl (C=O) groups is 2. The number of hydrogen-bond donors (Lipinski definition) is 2. The Balaban J connectivity index is 0.000000235. The topological polar surface area (TPSA) is 177 Å². The summed E-state index contributed by atoms with van der Waals surface area (Å²) < 4.78 is 30.0. The van der Waals surface area contributed by atoms with E-state index in [1.807, 2.05) is 90.9 Å². The molecule has 0 aliphatic heterocycles. The van der Waals surface area contributed by atoms with Crippen molar-refractivity contribution in [3.63, 3.8) is 0 Å². The summed E-state index contributed by atoms with van der Waals surface area (Å²) in [5, 5.41) is 30.1. The second-order valence-electron chi connectivity index (χ2n) is 16.9. The van der Waals surface area contributed by atoms with Crippen molar-refractivity contribution in [1.29, 1.82) is 0 Å². The number of para-hydroxylation sites is 2. The highest BCUT2D eigenvalue weighted by atomic mass is 35.5. The molecule has 0 unspecified atom stereocenters. The Morgan fingerprint density at radius 2 is 1.15 bits per heavy atom. The number of nitrogens with zero attached hydrogens (tertiary/aromatic N) is 8. The van der Waals surface area contributed by atoms with Gasteiger partial charge in [-0.15, -0.1) is 0 Å². The smallest absolute Gasteiger partial charge is 0.407 e. The van der Waals surface area contributed by atoms with Crippen molar-refractivity contribution in [3.05, 3.63) is 130 Å². The molecule has 14 nitrogen and oxygen atoms in total. The third kappa shape index (κ3) is 12.8. The summed E-state index contributed by atoms with van der Waals surface area (Å²) in [6.45, 7) is 16.3. The van der Waals surface area contributed by atoms with Crippen LogP contribution < -0.4 is 0 Å². The van der Waals surface area contributed by atoms with Crippen LogP contribution in [0.5, 0.6) is 0 Å². The number of benzene rings is 2. The quantitative estimate of drug-likeness (QED) is 0.119. The molecule has 0 atom stereocenters. The van der Waals surface area contributed by atoms with Crippen molar-refractivity contribution in [2.75, 3.05) is 13.1 Å². The van der Waals surface area contributed by atoms with Gasteiger partial charge in [0.1, 0.15) is 5.03 Å². The molecule has 0 saturated carbocycles. The maximum atomic E-state index is 13.5.